The van der Waals surface area contributed by atoms with Crippen molar-refractivity contribution in [3.63, 3.8) is 0 Å². The van der Waals surface area contributed by atoms with Crippen molar-refractivity contribution in [3.8, 4) is 11.5 Å². The van der Waals surface area contributed by atoms with E-state index in [2.05, 4.69) is 17.0 Å². The summed E-state index contributed by atoms with van der Waals surface area (Å²) < 4.78 is 18.9. The first-order valence-electron chi connectivity index (χ1n) is 9.61. The van der Waals surface area contributed by atoms with Crippen molar-refractivity contribution < 1.29 is 14.2 Å². The zero-order chi connectivity index (χ0) is 19.5. The number of halogens is 1. The summed E-state index contributed by atoms with van der Waals surface area (Å²) in [6.07, 6.45) is 2.80. The second kappa shape index (κ2) is 7.93. The van der Waals surface area contributed by atoms with E-state index in [0.29, 0.717) is 0 Å². The van der Waals surface area contributed by atoms with Crippen LogP contribution in [0.15, 0.2) is 66.7 Å². The second-order valence-electron chi connectivity index (χ2n) is 7.22. The molecule has 3 nitrogen and oxygen atoms in total. The normalized spacial score (nSPS) is 16.4. The highest BCUT2D eigenvalue weighted by atomic mass is 19.1. The molecule has 0 fully saturated rings. The Labute approximate surface area is 165 Å². The van der Waals surface area contributed by atoms with E-state index in [-0.39, 0.29) is 17.6 Å². The molecular weight excluding hydrogens is 353 g/mol. The number of ether oxygens (including phenoxy) is 1. The average Bonchev–Trinajstić information content (AvgIpc) is 2.89. The maximum atomic E-state index is 13.5. The molecule has 0 saturated heterocycles. The van der Waals surface area contributed by atoms with Gasteiger partial charge in [-0.2, -0.15) is 0 Å². The number of fused-ring (bicyclic) bond motifs is 1. The number of phenols is 1. The summed E-state index contributed by atoms with van der Waals surface area (Å²) >= 11 is 0. The Morgan fingerprint density at radius 2 is 1.79 bits per heavy atom. The number of hydrogen-bond acceptors (Lipinski definition) is 3. The zero-order valence-electron chi connectivity index (χ0n) is 15.9. The van der Waals surface area contributed by atoms with E-state index in [1.807, 2.05) is 30.3 Å². The van der Waals surface area contributed by atoms with E-state index in [9.17, 15) is 9.50 Å². The summed E-state index contributed by atoms with van der Waals surface area (Å²) in [5, 5.41) is 9.62. The van der Waals surface area contributed by atoms with Crippen LogP contribution in [0, 0.1) is 5.82 Å². The van der Waals surface area contributed by atoms with Crippen LogP contribution in [0.1, 0.15) is 29.2 Å². The molecule has 0 aliphatic carbocycles. The monoisotopic (exact) mass is 377 g/mol. The van der Waals surface area contributed by atoms with Gasteiger partial charge in [0.15, 0.2) is 0 Å². The molecule has 0 bridgehead atoms. The largest absolute Gasteiger partial charge is 0.508 e. The van der Waals surface area contributed by atoms with Gasteiger partial charge < -0.3 is 14.7 Å². The molecule has 28 heavy (non-hydrogen) atoms. The van der Waals surface area contributed by atoms with Gasteiger partial charge in [-0.3, -0.25) is 0 Å². The second-order valence-corrected chi connectivity index (χ2v) is 7.22. The molecule has 1 N–H and O–H groups in total. The molecule has 144 valence electrons. The molecule has 1 unspecified atom stereocenters. The van der Waals surface area contributed by atoms with Crippen LogP contribution in [0.5, 0.6) is 11.5 Å². The number of rotatable bonds is 4. The maximum absolute atomic E-state index is 13.5. The first kappa shape index (κ1) is 18.4. The van der Waals surface area contributed by atoms with Crippen molar-refractivity contribution in [2.45, 2.75) is 25.3 Å². The summed E-state index contributed by atoms with van der Waals surface area (Å²) in [6, 6.07) is 20.6. The Morgan fingerprint density at radius 3 is 2.50 bits per heavy atom. The fraction of sp³-hybridized carbons (Fsp3) is 0.250. The number of nitrogens with zero attached hydrogens (tertiary/aromatic N) is 1. The Morgan fingerprint density at radius 1 is 1.04 bits per heavy atom. The number of aromatic hydroxyl groups is 1. The number of aryl methyl sites for hydroxylation is 1. The van der Waals surface area contributed by atoms with E-state index in [0.717, 1.165) is 42.8 Å². The van der Waals surface area contributed by atoms with E-state index in [1.54, 1.807) is 19.2 Å². The Bertz CT molecular complexity index is 938. The SMILES string of the molecule is COc1ccc2c(c1)CCCN(c1ccc(F)cc1)C2Cc1ccc(O)cc1. The van der Waals surface area contributed by atoms with Gasteiger partial charge in [-0.25, -0.2) is 4.39 Å². The molecule has 0 radical (unpaired) electrons. The van der Waals surface area contributed by atoms with Crippen molar-refractivity contribution in [2.24, 2.45) is 0 Å². The van der Waals surface area contributed by atoms with Gasteiger partial charge in [0.2, 0.25) is 0 Å². The third kappa shape index (κ3) is 3.81. The number of methoxy groups -OCH3 is 1. The fourth-order valence-corrected chi connectivity index (χ4v) is 4.03. The molecule has 0 saturated carbocycles. The Hall–Kier alpha value is -3.01. The lowest BCUT2D eigenvalue weighted by molar-refractivity contribution is 0.414. The van der Waals surface area contributed by atoms with Crippen LogP contribution in [0.3, 0.4) is 0 Å². The van der Waals surface area contributed by atoms with Crippen molar-refractivity contribution in [1.29, 1.82) is 0 Å². The molecule has 1 aliphatic rings. The maximum Gasteiger partial charge on any atom is 0.123 e. The fourth-order valence-electron chi connectivity index (χ4n) is 4.03. The third-order valence-corrected chi connectivity index (χ3v) is 5.45. The number of hydrogen-bond donors (Lipinski definition) is 1. The van der Waals surface area contributed by atoms with Crippen LogP contribution >= 0.6 is 0 Å². The minimum atomic E-state index is -0.223. The lowest BCUT2D eigenvalue weighted by atomic mass is 9.93. The number of phenolic OH excluding ortho intramolecular Hbond substituents is 1. The van der Waals surface area contributed by atoms with Crippen molar-refractivity contribution >= 4 is 5.69 Å². The van der Waals surface area contributed by atoms with E-state index in [1.165, 1.54) is 23.3 Å². The average molecular weight is 377 g/mol. The summed E-state index contributed by atoms with van der Waals surface area (Å²) in [4.78, 5) is 2.37. The highest BCUT2D eigenvalue weighted by Gasteiger charge is 2.26. The van der Waals surface area contributed by atoms with Crippen LogP contribution in [0.2, 0.25) is 0 Å². The van der Waals surface area contributed by atoms with Crippen molar-refractivity contribution in [1.82, 2.24) is 0 Å². The lowest BCUT2D eigenvalue weighted by Gasteiger charge is -2.33. The third-order valence-electron chi connectivity index (χ3n) is 5.45. The topological polar surface area (TPSA) is 32.7 Å². The molecule has 3 aromatic rings. The van der Waals surface area contributed by atoms with Gasteiger partial charge in [0, 0.05) is 12.2 Å². The van der Waals surface area contributed by atoms with Gasteiger partial charge in [0.05, 0.1) is 13.2 Å². The van der Waals surface area contributed by atoms with Gasteiger partial charge in [0.25, 0.3) is 0 Å². The molecule has 0 spiro atoms. The van der Waals surface area contributed by atoms with E-state index < -0.39 is 0 Å². The molecule has 1 aliphatic heterocycles. The summed E-state index contributed by atoms with van der Waals surface area (Å²) in [7, 11) is 1.69. The van der Waals surface area contributed by atoms with Gasteiger partial charge in [-0.1, -0.05) is 18.2 Å². The smallest absolute Gasteiger partial charge is 0.123 e. The zero-order valence-corrected chi connectivity index (χ0v) is 15.9. The molecule has 3 aromatic carbocycles. The Kier molecular flexibility index (Phi) is 5.20. The van der Waals surface area contributed by atoms with E-state index >= 15 is 0 Å². The van der Waals surface area contributed by atoms with Crippen LogP contribution in [-0.4, -0.2) is 18.8 Å². The predicted molar refractivity (Wildman–Crippen MR) is 110 cm³/mol. The first-order chi connectivity index (χ1) is 13.6. The molecule has 4 rings (SSSR count). The standard InChI is InChI=1S/C24H24FNO2/c1-28-22-12-13-23-18(16-22)3-2-14-26(20-8-6-19(25)7-9-20)24(23)15-17-4-10-21(27)11-5-17/h4-13,16,24,27H,2-3,14-15H2,1H3. The summed E-state index contributed by atoms with van der Waals surface area (Å²) in [5.41, 5.74) is 4.75. The molecule has 0 aromatic heterocycles. The quantitative estimate of drug-likeness (QED) is 0.672. The van der Waals surface area contributed by atoms with Crippen LogP contribution in [-0.2, 0) is 12.8 Å². The molecule has 4 heteroatoms. The van der Waals surface area contributed by atoms with Gasteiger partial charge in [-0.05, 0) is 84.5 Å². The highest BCUT2D eigenvalue weighted by molar-refractivity contribution is 5.52. The first-order valence-corrected chi connectivity index (χ1v) is 9.61. The highest BCUT2D eigenvalue weighted by Crippen LogP contribution is 2.37. The number of anilines is 1. The van der Waals surface area contributed by atoms with Gasteiger partial charge >= 0.3 is 0 Å². The number of benzene rings is 3. The minimum absolute atomic E-state index is 0.124. The van der Waals surface area contributed by atoms with Crippen LogP contribution in [0.25, 0.3) is 0 Å². The molecule has 0 amide bonds. The van der Waals surface area contributed by atoms with Gasteiger partial charge in [0.1, 0.15) is 17.3 Å². The van der Waals surface area contributed by atoms with Gasteiger partial charge in [-0.15, -0.1) is 0 Å². The minimum Gasteiger partial charge on any atom is -0.508 e. The van der Waals surface area contributed by atoms with E-state index in [4.69, 9.17) is 4.74 Å². The molecule has 1 atom stereocenters. The lowest BCUT2D eigenvalue weighted by Crippen LogP contribution is -2.30. The van der Waals surface area contributed by atoms with Crippen molar-refractivity contribution in [2.75, 3.05) is 18.6 Å². The summed E-state index contributed by atoms with van der Waals surface area (Å²) in [5.74, 6) is 0.918. The van der Waals surface area contributed by atoms with Crippen LogP contribution in [0.4, 0.5) is 10.1 Å². The Balaban J connectivity index is 1.77. The summed E-state index contributed by atoms with van der Waals surface area (Å²) in [6.45, 7) is 0.894. The van der Waals surface area contributed by atoms with Crippen molar-refractivity contribution in [3.05, 3.63) is 89.2 Å². The predicted octanol–water partition coefficient (Wildman–Crippen LogP) is 5.28. The van der Waals surface area contributed by atoms with Crippen LogP contribution < -0.4 is 9.64 Å². The molecule has 1 heterocycles. The molecular formula is C24H24FNO2.